The molecule has 3 aromatic carbocycles. The maximum absolute atomic E-state index is 12.5. The Labute approximate surface area is 176 Å². The van der Waals surface area contributed by atoms with Gasteiger partial charge in [-0.2, -0.15) is 0 Å². The zero-order valence-corrected chi connectivity index (χ0v) is 17.3. The van der Waals surface area contributed by atoms with Gasteiger partial charge in [-0.15, -0.1) is 0 Å². The third kappa shape index (κ3) is 4.88. The molecule has 0 saturated carbocycles. The van der Waals surface area contributed by atoms with Crippen LogP contribution in [-0.2, 0) is 9.53 Å². The summed E-state index contributed by atoms with van der Waals surface area (Å²) in [4.78, 5) is 12.5. The van der Waals surface area contributed by atoms with Gasteiger partial charge in [-0.25, -0.2) is 4.79 Å². The van der Waals surface area contributed by atoms with E-state index in [4.69, 9.17) is 18.9 Å². The Bertz CT molecular complexity index is 1020. The largest absolute Gasteiger partial charge is 0.497 e. The number of hydrogen-bond acceptors (Lipinski definition) is 5. The topological polar surface area (TPSA) is 54.0 Å². The second-order valence-corrected chi connectivity index (χ2v) is 6.59. The first-order chi connectivity index (χ1) is 14.5. The minimum Gasteiger partial charge on any atom is -0.497 e. The molecule has 0 heterocycles. The number of ether oxygens (including phenoxy) is 4. The lowest BCUT2D eigenvalue weighted by atomic mass is 9.99. The van der Waals surface area contributed by atoms with Crippen molar-refractivity contribution in [3.05, 3.63) is 78.9 Å². The molecular weight excluding hydrogens is 380 g/mol. The Kier molecular flexibility index (Phi) is 6.88. The van der Waals surface area contributed by atoms with Gasteiger partial charge in [0.15, 0.2) is 0 Å². The molecule has 0 aliphatic carbocycles. The van der Waals surface area contributed by atoms with E-state index in [1.165, 1.54) is 7.11 Å². The lowest BCUT2D eigenvalue weighted by Crippen LogP contribution is -2.14. The maximum atomic E-state index is 12.5. The molecule has 0 unspecified atom stereocenters. The highest BCUT2D eigenvalue weighted by atomic mass is 16.5. The van der Waals surface area contributed by atoms with Gasteiger partial charge in [0.2, 0.25) is 0 Å². The van der Waals surface area contributed by atoms with Crippen LogP contribution >= 0.6 is 0 Å². The number of rotatable bonds is 8. The summed E-state index contributed by atoms with van der Waals surface area (Å²) in [6, 6.07) is 21.0. The molecule has 0 aliphatic rings. The summed E-state index contributed by atoms with van der Waals surface area (Å²) >= 11 is 0. The van der Waals surface area contributed by atoms with E-state index in [2.05, 4.69) is 6.58 Å². The predicted molar refractivity (Wildman–Crippen MR) is 117 cm³/mol. The van der Waals surface area contributed by atoms with Gasteiger partial charge in [0.25, 0.3) is 0 Å². The van der Waals surface area contributed by atoms with Crippen LogP contribution in [0.2, 0.25) is 0 Å². The van der Waals surface area contributed by atoms with Crippen LogP contribution in [0.1, 0.15) is 0 Å². The Balaban J connectivity index is 2.01. The van der Waals surface area contributed by atoms with Gasteiger partial charge in [-0.05, 0) is 47.0 Å². The van der Waals surface area contributed by atoms with E-state index >= 15 is 0 Å². The van der Waals surface area contributed by atoms with Crippen molar-refractivity contribution in [2.45, 2.75) is 0 Å². The Morgan fingerprint density at radius 3 is 1.83 bits per heavy atom. The fourth-order valence-corrected chi connectivity index (χ4v) is 2.98. The minimum atomic E-state index is -0.529. The number of methoxy groups -OCH3 is 3. The van der Waals surface area contributed by atoms with Crippen LogP contribution in [0.4, 0.5) is 0 Å². The first-order valence-corrected chi connectivity index (χ1v) is 9.37. The van der Waals surface area contributed by atoms with Crippen LogP contribution < -0.4 is 14.2 Å². The van der Waals surface area contributed by atoms with Gasteiger partial charge in [0.05, 0.1) is 26.4 Å². The zero-order chi connectivity index (χ0) is 21.5. The molecular formula is C25H24O5. The minimum absolute atomic E-state index is 0.106. The summed E-state index contributed by atoms with van der Waals surface area (Å²) in [5.41, 5.74) is 3.82. The highest BCUT2D eigenvalue weighted by Gasteiger charge is 2.15. The van der Waals surface area contributed by atoms with Crippen molar-refractivity contribution in [1.29, 1.82) is 0 Å². The lowest BCUT2D eigenvalue weighted by molar-refractivity contribution is -0.130. The van der Waals surface area contributed by atoms with Gasteiger partial charge in [-0.1, -0.05) is 43.0 Å². The monoisotopic (exact) mass is 404 g/mol. The summed E-state index contributed by atoms with van der Waals surface area (Å²) in [7, 11) is 4.75. The summed E-state index contributed by atoms with van der Waals surface area (Å²) in [6.45, 7) is 3.84. The molecule has 5 heteroatoms. The van der Waals surface area contributed by atoms with Gasteiger partial charge < -0.3 is 18.9 Å². The Morgan fingerprint density at radius 1 is 0.767 bits per heavy atom. The highest BCUT2D eigenvalue weighted by Crippen LogP contribution is 2.36. The van der Waals surface area contributed by atoms with Crippen molar-refractivity contribution in [1.82, 2.24) is 0 Å². The number of hydrogen-bond donors (Lipinski definition) is 0. The lowest BCUT2D eigenvalue weighted by Gasteiger charge is -2.14. The van der Waals surface area contributed by atoms with Crippen LogP contribution in [0.15, 0.2) is 78.9 Å². The smallest absolute Gasteiger partial charge is 0.341 e. The van der Waals surface area contributed by atoms with Gasteiger partial charge in [-0.3, -0.25) is 0 Å². The standard InChI is InChI=1S/C25H24O5/c1-17(16-27-2)25(26)30-24-15-20(18-5-10-21(28-3)11-6-18)9-14-23(24)19-7-12-22(29-4)13-8-19/h5-15H,1,16H2,2-4H3. The van der Waals surface area contributed by atoms with Gasteiger partial charge in [0, 0.05) is 12.7 Å². The number of carbonyl (C=O) groups excluding carboxylic acids is 1. The summed E-state index contributed by atoms with van der Waals surface area (Å²) < 4.78 is 21.2. The second kappa shape index (κ2) is 9.76. The van der Waals surface area contributed by atoms with Crippen molar-refractivity contribution in [2.75, 3.05) is 27.9 Å². The van der Waals surface area contributed by atoms with Crippen LogP contribution in [-0.4, -0.2) is 33.9 Å². The summed E-state index contributed by atoms with van der Waals surface area (Å²) in [5, 5.41) is 0. The third-order valence-electron chi connectivity index (χ3n) is 4.62. The SMILES string of the molecule is C=C(COC)C(=O)Oc1cc(-c2ccc(OC)cc2)ccc1-c1ccc(OC)cc1. The summed E-state index contributed by atoms with van der Waals surface area (Å²) in [6.07, 6.45) is 0. The van der Waals surface area contributed by atoms with E-state index in [-0.39, 0.29) is 12.2 Å². The number of carbonyl (C=O) groups is 1. The quantitative estimate of drug-likeness (QED) is 0.295. The molecule has 154 valence electrons. The fraction of sp³-hybridized carbons (Fsp3) is 0.160. The van der Waals surface area contributed by atoms with E-state index < -0.39 is 5.97 Å². The first-order valence-electron chi connectivity index (χ1n) is 9.37. The molecule has 0 bridgehead atoms. The third-order valence-corrected chi connectivity index (χ3v) is 4.62. The predicted octanol–water partition coefficient (Wildman–Crippen LogP) is 5.15. The first kappa shape index (κ1) is 21.1. The molecule has 3 rings (SSSR count). The van der Waals surface area contributed by atoms with Gasteiger partial charge in [0.1, 0.15) is 17.2 Å². The Morgan fingerprint density at radius 2 is 1.30 bits per heavy atom. The maximum Gasteiger partial charge on any atom is 0.341 e. The molecule has 0 radical (unpaired) electrons. The van der Waals surface area contributed by atoms with Crippen molar-refractivity contribution < 1.29 is 23.7 Å². The molecule has 0 aliphatic heterocycles. The molecule has 0 saturated heterocycles. The molecule has 30 heavy (non-hydrogen) atoms. The van der Waals surface area contributed by atoms with Crippen LogP contribution in [0.25, 0.3) is 22.3 Å². The Hall–Kier alpha value is -3.57. The number of benzene rings is 3. The second-order valence-electron chi connectivity index (χ2n) is 6.59. The van der Waals surface area contributed by atoms with E-state index in [0.717, 1.165) is 33.8 Å². The molecule has 0 fully saturated rings. The summed E-state index contributed by atoms with van der Waals surface area (Å²) in [5.74, 6) is 1.44. The average Bonchev–Trinajstić information content (AvgIpc) is 2.79. The molecule has 5 nitrogen and oxygen atoms in total. The number of esters is 1. The molecule has 0 N–H and O–H groups in total. The molecule has 0 atom stereocenters. The van der Waals surface area contributed by atoms with E-state index in [0.29, 0.717) is 5.75 Å². The molecule has 0 spiro atoms. The fourth-order valence-electron chi connectivity index (χ4n) is 2.98. The van der Waals surface area contributed by atoms with E-state index in [9.17, 15) is 4.79 Å². The normalized spacial score (nSPS) is 10.4. The molecule has 0 amide bonds. The van der Waals surface area contributed by atoms with Crippen LogP contribution in [0.5, 0.6) is 17.2 Å². The van der Waals surface area contributed by atoms with Crippen LogP contribution in [0, 0.1) is 0 Å². The van der Waals surface area contributed by atoms with Crippen molar-refractivity contribution >= 4 is 5.97 Å². The molecule has 0 aromatic heterocycles. The average molecular weight is 404 g/mol. The van der Waals surface area contributed by atoms with Crippen molar-refractivity contribution in [3.8, 4) is 39.5 Å². The molecule has 3 aromatic rings. The van der Waals surface area contributed by atoms with Crippen LogP contribution in [0.3, 0.4) is 0 Å². The van der Waals surface area contributed by atoms with Crippen molar-refractivity contribution in [2.24, 2.45) is 0 Å². The van der Waals surface area contributed by atoms with Gasteiger partial charge >= 0.3 is 5.97 Å². The van der Waals surface area contributed by atoms with Crippen molar-refractivity contribution in [3.63, 3.8) is 0 Å². The highest BCUT2D eigenvalue weighted by molar-refractivity contribution is 5.91. The van der Waals surface area contributed by atoms with E-state index in [1.807, 2.05) is 66.7 Å². The van der Waals surface area contributed by atoms with E-state index in [1.54, 1.807) is 14.2 Å². The zero-order valence-electron chi connectivity index (χ0n) is 17.3.